The Morgan fingerprint density at radius 1 is 1.48 bits per heavy atom. The van der Waals surface area contributed by atoms with Gasteiger partial charge in [-0.25, -0.2) is 9.97 Å². The summed E-state index contributed by atoms with van der Waals surface area (Å²) in [5, 5.41) is 15.4. The van der Waals surface area contributed by atoms with Gasteiger partial charge in [-0.15, -0.1) is 11.3 Å². The van der Waals surface area contributed by atoms with Gasteiger partial charge in [-0.3, -0.25) is 4.79 Å². The standard InChI is InChI=1S/C16H20N4O2S/c21-9-16(4-5-16)8-17-14(22)12-2-1-6-20(12)13-11-3-7-23-15(11)19-10-18-13/h3,7,10,12,21H,1-2,4-6,8-9H2,(H,17,22)/t12-/m0/s1. The van der Waals surface area contributed by atoms with E-state index in [0.717, 1.165) is 48.3 Å². The SMILES string of the molecule is O=C(NCC1(CO)CC1)[C@@H]1CCCN1c1ncnc2sccc12. The molecule has 2 fully saturated rings. The van der Waals surface area contributed by atoms with E-state index in [-0.39, 0.29) is 24.0 Å². The lowest BCUT2D eigenvalue weighted by Crippen LogP contribution is -2.45. The Morgan fingerprint density at radius 3 is 3.13 bits per heavy atom. The minimum Gasteiger partial charge on any atom is -0.396 e. The maximum Gasteiger partial charge on any atom is 0.242 e. The first-order chi connectivity index (χ1) is 11.2. The number of aliphatic hydroxyl groups excluding tert-OH is 1. The number of hydrogen-bond donors (Lipinski definition) is 2. The van der Waals surface area contributed by atoms with E-state index in [1.165, 1.54) is 0 Å². The summed E-state index contributed by atoms with van der Waals surface area (Å²) in [6, 6.07) is 1.84. The number of carbonyl (C=O) groups is 1. The number of fused-ring (bicyclic) bond motifs is 1. The summed E-state index contributed by atoms with van der Waals surface area (Å²) >= 11 is 1.59. The van der Waals surface area contributed by atoms with Gasteiger partial charge in [0.05, 0.1) is 12.0 Å². The van der Waals surface area contributed by atoms with Crippen LogP contribution in [0.1, 0.15) is 25.7 Å². The third-order valence-corrected chi connectivity index (χ3v) is 5.82. The van der Waals surface area contributed by atoms with E-state index in [1.807, 2.05) is 11.4 Å². The van der Waals surface area contributed by atoms with E-state index in [4.69, 9.17) is 0 Å². The van der Waals surface area contributed by atoms with Crippen molar-refractivity contribution in [3.8, 4) is 0 Å². The Bertz CT molecular complexity index is 728. The van der Waals surface area contributed by atoms with Gasteiger partial charge in [-0.1, -0.05) is 0 Å². The fraction of sp³-hybridized carbons (Fsp3) is 0.562. The van der Waals surface area contributed by atoms with Gasteiger partial charge in [-0.05, 0) is 37.1 Å². The van der Waals surface area contributed by atoms with Crippen LogP contribution in [0.3, 0.4) is 0 Å². The first kappa shape index (κ1) is 14.8. The minimum absolute atomic E-state index is 0.0456. The molecule has 0 spiro atoms. The van der Waals surface area contributed by atoms with Crippen molar-refractivity contribution in [1.82, 2.24) is 15.3 Å². The van der Waals surface area contributed by atoms with Gasteiger partial charge in [0, 0.05) is 18.5 Å². The van der Waals surface area contributed by atoms with Crippen molar-refractivity contribution < 1.29 is 9.90 Å². The molecular formula is C16H20N4O2S. The van der Waals surface area contributed by atoms with Crippen LogP contribution in [0.4, 0.5) is 5.82 Å². The van der Waals surface area contributed by atoms with Crippen LogP contribution >= 0.6 is 11.3 Å². The fourth-order valence-corrected chi connectivity index (χ4v) is 3.99. The van der Waals surface area contributed by atoms with Gasteiger partial charge in [-0.2, -0.15) is 0 Å². The molecular weight excluding hydrogens is 312 g/mol. The second-order valence-corrected chi connectivity index (χ2v) is 7.46. The molecule has 23 heavy (non-hydrogen) atoms. The second-order valence-electron chi connectivity index (χ2n) is 6.56. The topological polar surface area (TPSA) is 78.4 Å². The first-order valence-corrected chi connectivity index (χ1v) is 8.94. The number of aliphatic hydroxyl groups is 1. The number of rotatable bonds is 5. The Labute approximate surface area is 138 Å². The van der Waals surface area contributed by atoms with Crippen LogP contribution in [0.2, 0.25) is 0 Å². The summed E-state index contributed by atoms with van der Waals surface area (Å²) < 4.78 is 0. The number of nitrogens with zero attached hydrogens (tertiary/aromatic N) is 3. The fourth-order valence-electron chi connectivity index (χ4n) is 3.26. The highest BCUT2D eigenvalue weighted by molar-refractivity contribution is 7.16. The van der Waals surface area contributed by atoms with E-state index in [0.29, 0.717) is 6.54 Å². The molecule has 2 aromatic heterocycles. The highest BCUT2D eigenvalue weighted by Gasteiger charge is 2.43. The quantitative estimate of drug-likeness (QED) is 0.868. The van der Waals surface area contributed by atoms with E-state index in [1.54, 1.807) is 17.7 Å². The molecule has 4 rings (SSSR count). The normalized spacial score (nSPS) is 22.5. The van der Waals surface area contributed by atoms with Crippen molar-refractivity contribution in [2.75, 3.05) is 24.6 Å². The molecule has 1 saturated heterocycles. The average molecular weight is 332 g/mol. The molecule has 7 heteroatoms. The Balaban J connectivity index is 1.52. The summed E-state index contributed by atoms with van der Waals surface area (Å²) in [4.78, 5) is 24.4. The van der Waals surface area contributed by atoms with Crippen LogP contribution in [0.25, 0.3) is 10.2 Å². The Hall–Kier alpha value is -1.73. The summed E-state index contributed by atoms with van der Waals surface area (Å²) in [6.45, 7) is 1.57. The molecule has 0 radical (unpaired) electrons. The number of nitrogens with one attached hydrogen (secondary N) is 1. The first-order valence-electron chi connectivity index (χ1n) is 8.06. The van der Waals surface area contributed by atoms with E-state index >= 15 is 0 Å². The largest absolute Gasteiger partial charge is 0.396 e. The van der Waals surface area contributed by atoms with E-state index in [2.05, 4.69) is 20.2 Å². The van der Waals surface area contributed by atoms with Crippen LogP contribution < -0.4 is 10.2 Å². The smallest absolute Gasteiger partial charge is 0.242 e. The molecule has 1 aliphatic carbocycles. The van der Waals surface area contributed by atoms with Crippen molar-refractivity contribution in [2.45, 2.75) is 31.7 Å². The molecule has 1 aliphatic heterocycles. The van der Waals surface area contributed by atoms with E-state index < -0.39 is 0 Å². The van der Waals surface area contributed by atoms with Gasteiger partial charge in [0.25, 0.3) is 0 Å². The van der Waals surface area contributed by atoms with Crippen LogP contribution in [-0.4, -0.2) is 46.7 Å². The number of carbonyl (C=O) groups excluding carboxylic acids is 1. The monoisotopic (exact) mass is 332 g/mol. The van der Waals surface area contributed by atoms with Crippen LogP contribution in [-0.2, 0) is 4.79 Å². The van der Waals surface area contributed by atoms with Gasteiger partial charge >= 0.3 is 0 Å². The van der Waals surface area contributed by atoms with Gasteiger partial charge in [0.2, 0.25) is 5.91 Å². The number of hydrogen-bond acceptors (Lipinski definition) is 6. The summed E-state index contributed by atoms with van der Waals surface area (Å²) in [5.41, 5.74) is -0.0609. The molecule has 2 aliphatic rings. The molecule has 3 heterocycles. The number of thiophene rings is 1. The van der Waals surface area contributed by atoms with Gasteiger partial charge in [0.1, 0.15) is 23.0 Å². The summed E-state index contributed by atoms with van der Waals surface area (Å²) in [5.74, 6) is 0.904. The van der Waals surface area contributed by atoms with Crippen LogP contribution in [0.5, 0.6) is 0 Å². The third kappa shape index (κ3) is 2.68. The molecule has 0 unspecified atom stereocenters. The van der Waals surface area contributed by atoms with Crippen LogP contribution in [0, 0.1) is 5.41 Å². The number of anilines is 1. The lowest BCUT2D eigenvalue weighted by molar-refractivity contribution is -0.122. The third-order valence-electron chi connectivity index (χ3n) is 5.00. The zero-order chi connectivity index (χ0) is 15.9. The Kier molecular flexibility index (Phi) is 3.69. The predicted octanol–water partition coefficient (Wildman–Crippen LogP) is 1.55. The van der Waals surface area contributed by atoms with Gasteiger partial charge < -0.3 is 15.3 Å². The molecule has 1 atom stereocenters. The van der Waals surface area contributed by atoms with E-state index in [9.17, 15) is 9.90 Å². The zero-order valence-corrected chi connectivity index (χ0v) is 13.7. The average Bonchev–Trinajstić information content (AvgIpc) is 3.00. The molecule has 2 N–H and O–H groups in total. The lowest BCUT2D eigenvalue weighted by atomic mass is 10.1. The van der Waals surface area contributed by atoms with Crippen molar-refractivity contribution in [3.63, 3.8) is 0 Å². The molecule has 1 amide bonds. The molecule has 0 aromatic carbocycles. The maximum absolute atomic E-state index is 12.6. The predicted molar refractivity (Wildman–Crippen MR) is 89.5 cm³/mol. The summed E-state index contributed by atoms with van der Waals surface area (Å²) in [7, 11) is 0. The minimum atomic E-state index is -0.178. The highest BCUT2D eigenvalue weighted by Crippen LogP contribution is 2.44. The number of amides is 1. The maximum atomic E-state index is 12.6. The Morgan fingerprint density at radius 2 is 2.35 bits per heavy atom. The second kappa shape index (κ2) is 5.72. The van der Waals surface area contributed by atoms with Crippen molar-refractivity contribution in [3.05, 3.63) is 17.8 Å². The molecule has 1 saturated carbocycles. The highest BCUT2D eigenvalue weighted by atomic mass is 32.1. The molecule has 6 nitrogen and oxygen atoms in total. The number of aromatic nitrogens is 2. The molecule has 0 bridgehead atoms. The van der Waals surface area contributed by atoms with Crippen LogP contribution in [0.15, 0.2) is 17.8 Å². The summed E-state index contributed by atoms with van der Waals surface area (Å²) in [6.07, 6.45) is 5.40. The lowest BCUT2D eigenvalue weighted by Gasteiger charge is -2.26. The van der Waals surface area contributed by atoms with Crippen molar-refractivity contribution in [1.29, 1.82) is 0 Å². The van der Waals surface area contributed by atoms with Crippen molar-refractivity contribution >= 4 is 33.3 Å². The molecule has 2 aromatic rings. The van der Waals surface area contributed by atoms with Gasteiger partial charge in [0.15, 0.2) is 0 Å². The zero-order valence-electron chi connectivity index (χ0n) is 12.9. The molecule has 122 valence electrons. The van der Waals surface area contributed by atoms with Crippen molar-refractivity contribution in [2.24, 2.45) is 5.41 Å².